The molecule has 0 spiro atoms. The lowest BCUT2D eigenvalue weighted by Gasteiger charge is -1.97. The second-order valence-electron chi connectivity index (χ2n) is 4.29. The molecule has 0 atom stereocenters. The zero-order chi connectivity index (χ0) is 14.1. The van der Waals surface area contributed by atoms with Crippen LogP contribution in [0.1, 0.15) is 18.1 Å². The minimum atomic E-state index is 1.04. The van der Waals surface area contributed by atoms with Gasteiger partial charge in [0.2, 0.25) is 0 Å². The molecular weight excluding hydrogens is 228 g/mol. The van der Waals surface area contributed by atoms with Gasteiger partial charge in [-0.1, -0.05) is 92.1 Å². The van der Waals surface area contributed by atoms with Gasteiger partial charge in [0.15, 0.2) is 0 Å². The van der Waals surface area contributed by atoms with Gasteiger partial charge in [0, 0.05) is 0 Å². The third kappa shape index (κ3) is 5.69. The fourth-order valence-electron chi connectivity index (χ4n) is 1.48. The standard InChI is InChI=1S/C19H20/c1-5-7-17(6-2)10-11-19-14-12-18(13-15-19)9-8-16(3)4/h5-15H,1-3H2,4H3/b9-8+,11-10+,17-7+. The van der Waals surface area contributed by atoms with Crippen LogP contribution in [0.3, 0.4) is 0 Å². The van der Waals surface area contributed by atoms with Crippen molar-refractivity contribution in [2.45, 2.75) is 6.92 Å². The molecule has 1 aromatic carbocycles. The smallest absolute Gasteiger partial charge is 0.0256 e. The lowest BCUT2D eigenvalue weighted by atomic mass is 10.1. The zero-order valence-corrected chi connectivity index (χ0v) is 11.5. The highest BCUT2D eigenvalue weighted by molar-refractivity contribution is 5.59. The molecule has 19 heavy (non-hydrogen) atoms. The maximum Gasteiger partial charge on any atom is -0.0256 e. The lowest BCUT2D eigenvalue weighted by molar-refractivity contribution is 1.56. The maximum absolute atomic E-state index is 3.84. The minimum absolute atomic E-state index is 1.04. The van der Waals surface area contributed by atoms with Crippen molar-refractivity contribution in [2.75, 3.05) is 0 Å². The third-order valence-corrected chi connectivity index (χ3v) is 2.51. The van der Waals surface area contributed by atoms with Crippen LogP contribution in [0.2, 0.25) is 0 Å². The van der Waals surface area contributed by atoms with Gasteiger partial charge < -0.3 is 0 Å². The Hall–Kier alpha value is -2.34. The van der Waals surface area contributed by atoms with Crippen molar-refractivity contribution in [1.29, 1.82) is 0 Å². The highest BCUT2D eigenvalue weighted by Crippen LogP contribution is 2.10. The monoisotopic (exact) mass is 248 g/mol. The van der Waals surface area contributed by atoms with Crippen molar-refractivity contribution in [3.8, 4) is 0 Å². The molecule has 0 radical (unpaired) electrons. The summed E-state index contributed by atoms with van der Waals surface area (Å²) in [5.41, 5.74) is 4.42. The molecular formula is C19H20. The van der Waals surface area contributed by atoms with Crippen molar-refractivity contribution < 1.29 is 0 Å². The summed E-state index contributed by atoms with van der Waals surface area (Å²) in [5.74, 6) is 0. The molecule has 0 aromatic heterocycles. The van der Waals surface area contributed by atoms with Gasteiger partial charge in [0.25, 0.3) is 0 Å². The van der Waals surface area contributed by atoms with Crippen LogP contribution in [0.4, 0.5) is 0 Å². The van der Waals surface area contributed by atoms with E-state index in [-0.39, 0.29) is 0 Å². The first kappa shape index (κ1) is 14.7. The van der Waals surface area contributed by atoms with Crippen LogP contribution in [0, 0.1) is 0 Å². The maximum atomic E-state index is 3.84. The fraction of sp³-hybridized carbons (Fsp3) is 0.0526. The molecule has 0 unspecified atom stereocenters. The zero-order valence-electron chi connectivity index (χ0n) is 11.5. The van der Waals surface area contributed by atoms with E-state index >= 15 is 0 Å². The van der Waals surface area contributed by atoms with Gasteiger partial charge in [-0.25, -0.2) is 0 Å². The summed E-state index contributed by atoms with van der Waals surface area (Å²) >= 11 is 0. The molecule has 0 saturated carbocycles. The molecule has 0 heterocycles. The first-order chi connectivity index (χ1) is 9.15. The van der Waals surface area contributed by atoms with Gasteiger partial charge in [-0.15, -0.1) is 0 Å². The quantitative estimate of drug-likeness (QED) is 0.576. The molecule has 0 amide bonds. The van der Waals surface area contributed by atoms with Crippen LogP contribution >= 0.6 is 0 Å². The Labute approximate surface area is 116 Å². The van der Waals surface area contributed by atoms with E-state index < -0.39 is 0 Å². The fourth-order valence-corrected chi connectivity index (χ4v) is 1.48. The Morgan fingerprint density at radius 3 is 1.89 bits per heavy atom. The van der Waals surface area contributed by atoms with Crippen molar-refractivity contribution in [1.82, 2.24) is 0 Å². The lowest BCUT2D eigenvalue weighted by Crippen LogP contribution is -1.76. The van der Waals surface area contributed by atoms with Gasteiger partial charge >= 0.3 is 0 Å². The summed E-state index contributed by atoms with van der Waals surface area (Å²) in [4.78, 5) is 0. The Kier molecular flexibility index (Phi) is 6.11. The molecule has 1 aromatic rings. The van der Waals surface area contributed by atoms with E-state index in [4.69, 9.17) is 0 Å². The van der Waals surface area contributed by atoms with Crippen molar-refractivity contribution in [3.05, 3.63) is 96.7 Å². The molecule has 0 bridgehead atoms. The van der Waals surface area contributed by atoms with Crippen LogP contribution < -0.4 is 0 Å². The third-order valence-electron chi connectivity index (χ3n) is 2.51. The second-order valence-corrected chi connectivity index (χ2v) is 4.29. The summed E-state index contributed by atoms with van der Waals surface area (Å²) in [5, 5.41) is 0. The van der Waals surface area contributed by atoms with Crippen molar-refractivity contribution >= 4 is 12.2 Å². The SMILES string of the molecule is C=C/C=C(C=C)/C=C/c1ccc(/C=C/C(=C)C)cc1. The van der Waals surface area contributed by atoms with Crippen LogP contribution in [-0.4, -0.2) is 0 Å². The van der Waals surface area contributed by atoms with Crippen LogP contribution in [0.25, 0.3) is 12.2 Å². The summed E-state index contributed by atoms with van der Waals surface area (Å²) in [6, 6.07) is 8.35. The van der Waals surface area contributed by atoms with E-state index in [1.807, 2.05) is 31.2 Å². The van der Waals surface area contributed by atoms with Gasteiger partial charge in [-0.2, -0.15) is 0 Å². The number of hydrogen-bond donors (Lipinski definition) is 0. The summed E-state index contributed by atoms with van der Waals surface area (Å²) < 4.78 is 0. The Balaban J connectivity index is 2.79. The molecule has 96 valence electrons. The molecule has 0 aliphatic heterocycles. The summed E-state index contributed by atoms with van der Waals surface area (Å²) in [6.07, 6.45) is 13.6. The van der Waals surface area contributed by atoms with Crippen molar-refractivity contribution in [2.24, 2.45) is 0 Å². The molecule has 1 rings (SSSR count). The molecule has 0 aliphatic rings. The molecule has 0 heteroatoms. The van der Waals surface area contributed by atoms with E-state index in [1.165, 1.54) is 5.56 Å². The largest absolute Gasteiger partial charge is 0.0990 e. The number of hydrogen-bond acceptors (Lipinski definition) is 0. The normalized spacial score (nSPS) is 11.9. The van der Waals surface area contributed by atoms with Gasteiger partial charge in [-0.3, -0.25) is 0 Å². The first-order valence-corrected chi connectivity index (χ1v) is 6.22. The van der Waals surface area contributed by atoms with Crippen LogP contribution in [0.5, 0.6) is 0 Å². The number of rotatable bonds is 6. The van der Waals surface area contributed by atoms with E-state index in [9.17, 15) is 0 Å². The molecule has 0 N–H and O–H groups in total. The predicted octanol–water partition coefficient (Wildman–Crippen LogP) is 5.59. The Morgan fingerprint density at radius 1 is 0.947 bits per heavy atom. The molecule has 0 aliphatic carbocycles. The first-order valence-electron chi connectivity index (χ1n) is 6.22. The second kappa shape index (κ2) is 7.88. The van der Waals surface area contributed by atoms with Gasteiger partial charge in [0.05, 0.1) is 0 Å². The van der Waals surface area contributed by atoms with Gasteiger partial charge in [-0.05, 0) is 23.6 Å². The predicted molar refractivity (Wildman–Crippen MR) is 87.8 cm³/mol. The van der Waals surface area contributed by atoms with Gasteiger partial charge in [0.1, 0.15) is 0 Å². The van der Waals surface area contributed by atoms with E-state index in [2.05, 4.69) is 56.2 Å². The molecule has 0 saturated heterocycles. The average Bonchev–Trinajstić information content (AvgIpc) is 2.42. The van der Waals surface area contributed by atoms with E-state index in [1.54, 1.807) is 6.08 Å². The number of allylic oxidation sites excluding steroid dienone is 7. The summed E-state index contributed by atoms with van der Waals surface area (Å²) in [7, 11) is 0. The molecule has 0 nitrogen and oxygen atoms in total. The van der Waals surface area contributed by atoms with E-state index in [0.717, 1.165) is 16.7 Å². The number of benzene rings is 1. The Bertz CT molecular complexity index is 534. The molecule has 0 fully saturated rings. The van der Waals surface area contributed by atoms with E-state index in [0.29, 0.717) is 0 Å². The van der Waals surface area contributed by atoms with Crippen molar-refractivity contribution in [3.63, 3.8) is 0 Å². The highest BCUT2D eigenvalue weighted by atomic mass is 13.9. The minimum Gasteiger partial charge on any atom is -0.0990 e. The average molecular weight is 248 g/mol. The highest BCUT2D eigenvalue weighted by Gasteiger charge is 1.89. The summed E-state index contributed by atoms with van der Waals surface area (Å²) in [6.45, 7) is 13.3. The van der Waals surface area contributed by atoms with Crippen LogP contribution in [0.15, 0.2) is 85.5 Å². The Morgan fingerprint density at radius 2 is 1.47 bits per heavy atom. The van der Waals surface area contributed by atoms with Crippen LogP contribution in [-0.2, 0) is 0 Å². The topological polar surface area (TPSA) is 0 Å².